The first-order valence-corrected chi connectivity index (χ1v) is 7.90. The van der Waals surface area contributed by atoms with Crippen molar-refractivity contribution in [1.82, 2.24) is 0 Å². The minimum atomic E-state index is -0.665. The highest BCUT2D eigenvalue weighted by Crippen LogP contribution is 2.04. The van der Waals surface area contributed by atoms with Crippen LogP contribution in [0.15, 0.2) is 0 Å². The van der Waals surface area contributed by atoms with Crippen molar-refractivity contribution < 1.29 is 14.3 Å². The van der Waals surface area contributed by atoms with Crippen LogP contribution in [0.5, 0.6) is 0 Å². The zero-order valence-corrected chi connectivity index (χ0v) is 13.1. The van der Waals surface area contributed by atoms with Crippen molar-refractivity contribution in [2.75, 3.05) is 13.2 Å². The summed E-state index contributed by atoms with van der Waals surface area (Å²) in [5.41, 5.74) is 11.7. The molecule has 0 aromatic rings. The molecule has 0 aliphatic carbocycles. The van der Waals surface area contributed by atoms with E-state index in [1.165, 1.54) is 0 Å². The molecule has 4 N–H and O–H groups in total. The first-order valence-electron chi connectivity index (χ1n) is 7.90. The van der Waals surface area contributed by atoms with Gasteiger partial charge in [0.15, 0.2) is 0 Å². The molecule has 0 saturated carbocycles. The van der Waals surface area contributed by atoms with E-state index in [0.29, 0.717) is 0 Å². The van der Waals surface area contributed by atoms with Gasteiger partial charge < -0.3 is 20.9 Å². The molecule has 5 nitrogen and oxygen atoms in total. The Balaban J connectivity index is 3.52. The molecule has 0 aromatic carbocycles. The Kier molecular flexibility index (Phi) is 12.7. The minimum absolute atomic E-state index is 0.104. The van der Waals surface area contributed by atoms with Crippen molar-refractivity contribution in [1.29, 1.82) is 0 Å². The number of nitrogens with two attached hydrogens (primary N) is 2. The molecule has 0 amide bonds. The van der Waals surface area contributed by atoms with Crippen molar-refractivity contribution in [3.63, 3.8) is 0 Å². The van der Waals surface area contributed by atoms with Gasteiger partial charge in [0.1, 0.15) is 13.2 Å². The number of ether oxygens (including phenoxy) is 2. The van der Waals surface area contributed by atoms with Gasteiger partial charge in [-0.15, -0.1) is 0 Å². The van der Waals surface area contributed by atoms with Gasteiger partial charge in [-0.3, -0.25) is 0 Å². The smallest absolute Gasteiger partial charge is 0.433 e. The lowest BCUT2D eigenvalue weighted by Crippen LogP contribution is -2.31. The standard InChI is InChI=1S/C15H32N2O3/c1-3-5-7-9-13(16)11-19-15(18)20-12-14(17)10-8-6-4-2/h13-14H,3-12,16-17H2,1-2H3. The Labute approximate surface area is 123 Å². The van der Waals surface area contributed by atoms with Crippen LogP contribution in [0.4, 0.5) is 4.79 Å². The van der Waals surface area contributed by atoms with Crippen LogP contribution in [0.1, 0.15) is 65.2 Å². The molecule has 20 heavy (non-hydrogen) atoms. The lowest BCUT2D eigenvalue weighted by molar-refractivity contribution is 0.0461. The Morgan fingerprint density at radius 3 is 1.60 bits per heavy atom. The number of hydrogen-bond donors (Lipinski definition) is 2. The molecule has 0 radical (unpaired) electrons. The number of hydrogen-bond acceptors (Lipinski definition) is 5. The maximum Gasteiger partial charge on any atom is 0.508 e. The van der Waals surface area contributed by atoms with E-state index in [1.54, 1.807) is 0 Å². The number of carbonyl (C=O) groups excluding carboxylic acids is 1. The molecule has 2 atom stereocenters. The van der Waals surface area contributed by atoms with Gasteiger partial charge in [0, 0.05) is 12.1 Å². The van der Waals surface area contributed by atoms with Crippen LogP contribution in [0.3, 0.4) is 0 Å². The van der Waals surface area contributed by atoms with Gasteiger partial charge in [0.05, 0.1) is 0 Å². The second kappa shape index (κ2) is 13.2. The zero-order valence-electron chi connectivity index (χ0n) is 13.1. The van der Waals surface area contributed by atoms with Gasteiger partial charge in [0.25, 0.3) is 0 Å². The molecule has 0 aliphatic rings. The molecule has 0 spiro atoms. The molecule has 0 aliphatic heterocycles. The van der Waals surface area contributed by atoms with Crippen LogP contribution >= 0.6 is 0 Å². The summed E-state index contributed by atoms with van der Waals surface area (Å²) < 4.78 is 9.94. The fourth-order valence-corrected chi connectivity index (χ4v) is 1.87. The van der Waals surface area contributed by atoms with Crippen LogP contribution in [0, 0.1) is 0 Å². The molecule has 0 saturated heterocycles. The normalized spacial score (nSPS) is 13.8. The third kappa shape index (κ3) is 12.2. The van der Waals surface area contributed by atoms with Gasteiger partial charge in [-0.1, -0.05) is 52.4 Å². The van der Waals surface area contributed by atoms with E-state index < -0.39 is 6.16 Å². The first-order chi connectivity index (χ1) is 9.60. The largest absolute Gasteiger partial charge is 0.508 e. The van der Waals surface area contributed by atoms with E-state index in [9.17, 15) is 4.79 Å². The van der Waals surface area contributed by atoms with Crippen LogP contribution in [-0.2, 0) is 9.47 Å². The fraction of sp³-hybridized carbons (Fsp3) is 0.933. The Morgan fingerprint density at radius 2 is 1.25 bits per heavy atom. The Morgan fingerprint density at radius 1 is 0.850 bits per heavy atom. The van der Waals surface area contributed by atoms with E-state index in [4.69, 9.17) is 20.9 Å². The molecular formula is C15H32N2O3. The van der Waals surface area contributed by atoms with Crippen molar-refractivity contribution in [3.8, 4) is 0 Å². The molecule has 0 fully saturated rings. The Hall–Kier alpha value is -0.810. The predicted molar refractivity (Wildman–Crippen MR) is 81.5 cm³/mol. The third-order valence-electron chi connectivity index (χ3n) is 3.19. The van der Waals surface area contributed by atoms with Crippen molar-refractivity contribution in [3.05, 3.63) is 0 Å². The molecule has 0 rings (SSSR count). The zero-order chi connectivity index (χ0) is 15.2. The van der Waals surface area contributed by atoms with Crippen molar-refractivity contribution >= 4 is 6.16 Å². The lowest BCUT2D eigenvalue weighted by Gasteiger charge is -2.14. The van der Waals surface area contributed by atoms with Crippen molar-refractivity contribution in [2.45, 2.75) is 77.3 Å². The quantitative estimate of drug-likeness (QED) is 0.426. The summed E-state index contributed by atoms with van der Waals surface area (Å²) in [6, 6.07) is -0.209. The SMILES string of the molecule is CCCCCC(N)COC(=O)OCC(N)CCCCC. The fourth-order valence-electron chi connectivity index (χ4n) is 1.87. The van der Waals surface area contributed by atoms with E-state index in [-0.39, 0.29) is 25.3 Å². The number of rotatable bonds is 12. The summed E-state index contributed by atoms with van der Waals surface area (Å²) >= 11 is 0. The second-order valence-electron chi connectivity index (χ2n) is 5.38. The molecular weight excluding hydrogens is 256 g/mol. The third-order valence-corrected chi connectivity index (χ3v) is 3.19. The van der Waals surface area contributed by atoms with E-state index in [1.807, 2.05) is 0 Å². The number of unbranched alkanes of at least 4 members (excludes halogenated alkanes) is 4. The lowest BCUT2D eigenvalue weighted by atomic mass is 10.1. The highest BCUT2D eigenvalue weighted by molar-refractivity contribution is 5.59. The van der Waals surface area contributed by atoms with Crippen LogP contribution < -0.4 is 11.5 Å². The van der Waals surface area contributed by atoms with Gasteiger partial charge in [0.2, 0.25) is 0 Å². The molecule has 0 bridgehead atoms. The topological polar surface area (TPSA) is 87.6 Å². The summed E-state index contributed by atoms with van der Waals surface area (Å²) in [5, 5.41) is 0. The van der Waals surface area contributed by atoms with Gasteiger partial charge in [-0.05, 0) is 12.8 Å². The molecule has 0 heterocycles. The predicted octanol–water partition coefficient (Wildman–Crippen LogP) is 2.95. The van der Waals surface area contributed by atoms with Crippen LogP contribution in [-0.4, -0.2) is 31.5 Å². The van der Waals surface area contributed by atoms with Crippen molar-refractivity contribution in [2.24, 2.45) is 11.5 Å². The summed E-state index contributed by atoms with van der Waals surface area (Å²) in [4.78, 5) is 11.4. The van der Waals surface area contributed by atoms with E-state index in [2.05, 4.69) is 13.8 Å². The maximum absolute atomic E-state index is 11.4. The second-order valence-corrected chi connectivity index (χ2v) is 5.38. The highest BCUT2D eigenvalue weighted by Gasteiger charge is 2.11. The summed E-state index contributed by atoms with van der Waals surface area (Å²) in [7, 11) is 0. The van der Waals surface area contributed by atoms with Gasteiger partial charge in [-0.25, -0.2) is 4.79 Å². The minimum Gasteiger partial charge on any atom is -0.433 e. The maximum atomic E-state index is 11.4. The summed E-state index contributed by atoms with van der Waals surface area (Å²) in [5.74, 6) is 0. The van der Waals surface area contributed by atoms with Gasteiger partial charge in [-0.2, -0.15) is 0 Å². The first kappa shape index (κ1) is 19.2. The van der Waals surface area contributed by atoms with Crippen LogP contribution in [0.25, 0.3) is 0 Å². The van der Waals surface area contributed by atoms with Gasteiger partial charge >= 0.3 is 6.16 Å². The number of carbonyl (C=O) groups is 1. The molecule has 2 unspecified atom stereocenters. The van der Waals surface area contributed by atoms with E-state index in [0.717, 1.165) is 51.4 Å². The summed E-state index contributed by atoms with van der Waals surface area (Å²) in [6.45, 7) is 4.72. The average Bonchev–Trinajstić information content (AvgIpc) is 2.43. The Bertz CT molecular complexity index is 215. The molecule has 120 valence electrons. The molecule has 5 heteroatoms. The monoisotopic (exact) mass is 288 g/mol. The highest BCUT2D eigenvalue weighted by atomic mass is 16.7. The summed E-state index contributed by atoms with van der Waals surface area (Å²) in [6.07, 6.45) is 7.85. The van der Waals surface area contributed by atoms with E-state index >= 15 is 0 Å². The van der Waals surface area contributed by atoms with Crippen LogP contribution in [0.2, 0.25) is 0 Å². The molecule has 0 aromatic heterocycles. The average molecular weight is 288 g/mol.